The van der Waals surface area contributed by atoms with Crippen LogP contribution in [0.2, 0.25) is 0 Å². The molecule has 0 aliphatic carbocycles. The predicted molar refractivity (Wildman–Crippen MR) is 91.7 cm³/mol. The van der Waals surface area contributed by atoms with E-state index < -0.39 is 30.7 Å². The topological polar surface area (TPSA) is 66.4 Å². The summed E-state index contributed by atoms with van der Waals surface area (Å²) in [5.41, 5.74) is 0. The highest BCUT2D eigenvalue weighted by molar-refractivity contribution is 4.94. The molecule has 6 nitrogen and oxygen atoms in total. The maximum atomic E-state index is 10.3. The lowest BCUT2D eigenvalue weighted by molar-refractivity contribution is -0.307. The van der Waals surface area contributed by atoms with Gasteiger partial charge in [0.2, 0.25) is 0 Å². The summed E-state index contributed by atoms with van der Waals surface area (Å²) >= 11 is 0. The van der Waals surface area contributed by atoms with Crippen LogP contribution >= 0.6 is 0 Å². The van der Waals surface area contributed by atoms with Crippen LogP contribution < -0.4 is 0 Å². The van der Waals surface area contributed by atoms with Crippen molar-refractivity contribution in [2.45, 2.75) is 30.7 Å². The molecule has 0 bridgehead atoms. The molecule has 1 unspecified atom stereocenters. The molecular formula is C18H28O6. The quantitative estimate of drug-likeness (QED) is 0.406. The lowest BCUT2D eigenvalue weighted by Gasteiger charge is -2.44. The number of rotatable bonds is 13. The van der Waals surface area contributed by atoms with E-state index in [1.165, 1.54) is 0 Å². The fourth-order valence-electron chi connectivity index (χ4n) is 2.40. The van der Waals surface area contributed by atoms with Crippen LogP contribution in [0.4, 0.5) is 0 Å². The van der Waals surface area contributed by atoms with Crippen molar-refractivity contribution in [2.75, 3.05) is 33.0 Å². The van der Waals surface area contributed by atoms with Gasteiger partial charge in [-0.15, -0.1) is 26.3 Å². The molecule has 0 saturated carbocycles. The van der Waals surface area contributed by atoms with Gasteiger partial charge in [0.05, 0.1) is 33.0 Å². The summed E-state index contributed by atoms with van der Waals surface area (Å²) in [6, 6.07) is 0. The third kappa shape index (κ3) is 6.32. The summed E-state index contributed by atoms with van der Waals surface area (Å²) in [5.74, 6) is 0. The third-order valence-corrected chi connectivity index (χ3v) is 3.35. The second-order valence-corrected chi connectivity index (χ2v) is 5.15. The highest BCUT2D eigenvalue weighted by Crippen LogP contribution is 2.27. The van der Waals surface area contributed by atoms with Gasteiger partial charge in [-0.2, -0.15) is 0 Å². The van der Waals surface area contributed by atoms with Crippen LogP contribution in [0, 0.1) is 0 Å². The molecule has 136 valence electrons. The number of hydrogen-bond acceptors (Lipinski definition) is 6. The summed E-state index contributed by atoms with van der Waals surface area (Å²) in [6.07, 6.45) is 3.05. The van der Waals surface area contributed by atoms with Crippen molar-refractivity contribution in [1.29, 1.82) is 0 Å². The molecule has 1 rings (SSSR count). The first-order chi connectivity index (χ1) is 11.7. The van der Waals surface area contributed by atoms with Crippen LogP contribution in [0.3, 0.4) is 0 Å². The van der Waals surface area contributed by atoms with Crippen LogP contribution in [0.15, 0.2) is 50.6 Å². The van der Waals surface area contributed by atoms with Crippen LogP contribution in [-0.4, -0.2) is 68.8 Å². The molecule has 6 heteroatoms. The summed E-state index contributed by atoms with van der Waals surface area (Å²) in [4.78, 5) is 0. The number of ether oxygens (including phenoxy) is 5. The minimum absolute atomic E-state index is 0.229. The predicted octanol–water partition coefficient (Wildman–Crippen LogP) is 1.62. The molecule has 1 fully saturated rings. The SMILES string of the molecule is C=CCOC[C@H]1OC(O)[C@H](OCC=C)[C@@H](OCC=C)[C@H]1OCC=C. The van der Waals surface area contributed by atoms with Gasteiger partial charge in [-0.3, -0.25) is 0 Å². The average Bonchev–Trinajstić information content (AvgIpc) is 2.58. The molecule has 0 aromatic rings. The molecule has 1 N–H and O–H groups in total. The van der Waals surface area contributed by atoms with Gasteiger partial charge in [0.1, 0.15) is 24.4 Å². The monoisotopic (exact) mass is 340 g/mol. The van der Waals surface area contributed by atoms with Gasteiger partial charge in [-0.1, -0.05) is 24.3 Å². The van der Waals surface area contributed by atoms with Crippen molar-refractivity contribution in [3.05, 3.63) is 50.6 Å². The lowest BCUT2D eigenvalue weighted by Crippen LogP contribution is -2.61. The van der Waals surface area contributed by atoms with E-state index in [9.17, 15) is 5.11 Å². The largest absolute Gasteiger partial charge is 0.375 e. The second-order valence-electron chi connectivity index (χ2n) is 5.15. The van der Waals surface area contributed by atoms with Gasteiger partial charge < -0.3 is 28.8 Å². The van der Waals surface area contributed by atoms with Crippen LogP contribution in [0.1, 0.15) is 0 Å². The Morgan fingerprint density at radius 2 is 1.25 bits per heavy atom. The second kappa shape index (κ2) is 12.1. The Morgan fingerprint density at radius 1 is 0.750 bits per heavy atom. The molecule has 0 radical (unpaired) electrons. The molecule has 1 saturated heterocycles. The van der Waals surface area contributed by atoms with Crippen molar-refractivity contribution in [1.82, 2.24) is 0 Å². The molecule has 1 heterocycles. The molecule has 0 spiro atoms. The van der Waals surface area contributed by atoms with Gasteiger partial charge in [0.25, 0.3) is 0 Å². The Morgan fingerprint density at radius 3 is 1.79 bits per heavy atom. The number of aliphatic hydroxyl groups excluding tert-OH is 1. The van der Waals surface area contributed by atoms with E-state index in [1.54, 1.807) is 24.3 Å². The third-order valence-electron chi connectivity index (χ3n) is 3.35. The van der Waals surface area contributed by atoms with Crippen LogP contribution in [0.25, 0.3) is 0 Å². The first kappa shape index (κ1) is 20.8. The van der Waals surface area contributed by atoms with Gasteiger partial charge in [-0.25, -0.2) is 0 Å². The Bertz CT molecular complexity index is 397. The van der Waals surface area contributed by atoms with E-state index in [4.69, 9.17) is 23.7 Å². The molecule has 0 amide bonds. The lowest BCUT2D eigenvalue weighted by atomic mass is 9.98. The summed E-state index contributed by atoms with van der Waals surface area (Å²) in [5, 5.41) is 10.3. The zero-order chi connectivity index (χ0) is 17.8. The van der Waals surface area contributed by atoms with E-state index in [0.717, 1.165) is 0 Å². The molecule has 5 atom stereocenters. The fourth-order valence-corrected chi connectivity index (χ4v) is 2.40. The Balaban J connectivity index is 2.92. The standard InChI is InChI=1S/C18H28O6/c1-5-9-20-13-14-15(21-10-6-2)16(22-11-7-3)17(18(19)24-14)23-12-8-4/h5-8,14-19H,1-4,9-13H2/t14-,15+,16+,17-,18?/m1/s1. The first-order valence-corrected chi connectivity index (χ1v) is 7.89. The zero-order valence-electron chi connectivity index (χ0n) is 14.0. The highest BCUT2D eigenvalue weighted by atomic mass is 16.7. The molecule has 1 aliphatic heterocycles. The molecular weight excluding hydrogens is 312 g/mol. The Kier molecular flexibility index (Phi) is 10.5. The van der Waals surface area contributed by atoms with E-state index in [0.29, 0.717) is 19.8 Å². The zero-order valence-corrected chi connectivity index (χ0v) is 14.0. The first-order valence-electron chi connectivity index (χ1n) is 7.89. The van der Waals surface area contributed by atoms with Crippen molar-refractivity contribution in [3.63, 3.8) is 0 Å². The molecule has 24 heavy (non-hydrogen) atoms. The molecule has 0 aromatic heterocycles. The smallest absolute Gasteiger partial charge is 0.184 e. The van der Waals surface area contributed by atoms with Gasteiger partial charge in [0, 0.05) is 0 Å². The molecule has 0 aromatic carbocycles. The van der Waals surface area contributed by atoms with Gasteiger partial charge in [0.15, 0.2) is 6.29 Å². The van der Waals surface area contributed by atoms with Crippen molar-refractivity contribution < 1.29 is 28.8 Å². The Labute approximate surface area is 144 Å². The van der Waals surface area contributed by atoms with Crippen LogP contribution in [0.5, 0.6) is 0 Å². The number of aliphatic hydroxyl groups is 1. The van der Waals surface area contributed by atoms with E-state index in [2.05, 4.69) is 26.3 Å². The summed E-state index contributed by atoms with van der Waals surface area (Å²) in [7, 11) is 0. The van der Waals surface area contributed by atoms with E-state index >= 15 is 0 Å². The van der Waals surface area contributed by atoms with Gasteiger partial charge >= 0.3 is 0 Å². The highest BCUT2D eigenvalue weighted by Gasteiger charge is 2.47. The van der Waals surface area contributed by atoms with Crippen molar-refractivity contribution in [3.8, 4) is 0 Å². The van der Waals surface area contributed by atoms with Crippen molar-refractivity contribution >= 4 is 0 Å². The fraction of sp³-hybridized carbons (Fsp3) is 0.556. The van der Waals surface area contributed by atoms with Gasteiger partial charge in [-0.05, 0) is 0 Å². The van der Waals surface area contributed by atoms with Crippen molar-refractivity contribution in [2.24, 2.45) is 0 Å². The maximum absolute atomic E-state index is 10.3. The Hall–Kier alpha value is -1.28. The molecule has 1 aliphatic rings. The van der Waals surface area contributed by atoms with Crippen LogP contribution in [-0.2, 0) is 23.7 Å². The number of hydrogen-bond donors (Lipinski definition) is 1. The summed E-state index contributed by atoms with van der Waals surface area (Å²) < 4.78 is 28.3. The summed E-state index contributed by atoms with van der Waals surface area (Å²) in [6.45, 7) is 16.0. The van der Waals surface area contributed by atoms with E-state index in [-0.39, 0.29) is 13.2 Å². The average molecular weight is 340 g/mol. The maximum Gasteiger partial charge on any atom is 0.184 e. The minimum Gasteiger partial charge on any atom is -0.375 e. The normalized spacial score (nSPS) is 29.8. The minimum atomic E-state index is -1.17. The van der Waals surface area contributed by atoms with E-state index in [1.807, 2.05) is 0 Å².